The predicted molar refractivity (Wildman–Crippen MR) is 98.8 cm³/mol. The van der Waals surface area contributed by atoms with E-state index in [9.17, 15) is 9.59 Å². The highest BCUT2D eigenvalue weighted by Gasteiger charge is 2.35. The Hall–Kier alpha value is -2.16. The fraction of sp³-hybridized carbons (Fsp3) is 0.778. The topological polar surface area (TPSA) is 118 Å². The van der Waals surface area contributed by atoms with Gasteiger partial charge in [0, 0.05) is 25.5 Å². The number of urea groups is 1. The fourth-order valence-electron chi connectivity index (χ4n) is 3.18. The number of rotatable bonds is 8. The van der Waals surface area contributed by atoms with Gasteiger partial charge in [0.2, 0.25) is 11.8 Å². The van der Waals surface area contributed by atoms with E-state index in [0.29, 0.717) is 37.6 Å². The zero-order chi connectivity index (χ0) is 19.8. The van der Waals surface area contributed by atoms with Crippen LogP contribution >= 0.6 is 0 Å². The molecule has 1 aromatic rings. The molecule has 0 spiro atoms. The normalized spacial score (nSPS) is 22.5. The summed E-state index contributed by atoms with van der Waals surface area (Å²) < 4.78 is 10.8. The highest BCUT2D eigenvalue weighted by Crippen LogP contribution is 2.27. The lowest BCUT2D eigenvalue weighted by molar-refractivity contribution is -0.128. The molecule has 0 aromatic carbocycles. The van der Waals surface area contributed by atoms with Gasteiger partial charge in [-0.2, -0.15) is 4.98 Å². The minimum absolute atomic E-state index is 0.0485. The van der Waals surface area contributed by atoms with Crippen LogP contribution in [-0.4, -0.2) is 46.9 Å². The van der Waals surface area contributed by atoms with Crippen LogP contribution in [0.3, 0.4) is 0 Å². The molecule has 1 aliphatic rings. The van der Waals surface area contributed by atoms with Crippen molar-refractivity contribution in [3.63, 3.8) is 0 Å². The zero-order valence-corrected chi connectivity index (χ0v) is 16.6. The summed E-state index contributed by atoms with van der Waals surface area (Å²) in [5.74, 6) is 0.720. The molecule has 1 saturated carbocycles. The molecular formula is C18H31N5O4. The fourth-order valence-corrected chi connectivity index (χ4v) is 3.18. The van der Waals surface area contributed by atoms with E-state index in [2.05, 4.69) is 26.1 Å². The van der Waals surface area contributed by atoms with Gasteiger partial charge in [-0.15, -0.1) is 0 Å². The van der Waals surface area contributed by atoms with Crippen LogP contribution in [0.15, 0.2) is 4.52 Å². The third kappa shape index (κ3) is 6.82. The number of ether oxygens (including phenoxy) is 1. The van der Waals surface area contributed by atoms with Gasteiger partial charge in [0.25, 0.3) is 0 Å². The van der Waals surface area contributed by atoms with Crippen LogP contribution in [0.1, 0.15) is 58.2 Å². The Kier molecular flexibility index (Phi) is 8.02. The number of carbonyl (C=O) groups is 2. The summed E-state index contributed by atoms with van der Waals surface area (Å²) in [5.41, 5.74) is 0. The maximum Gasteiger partial charge on any atom is 0.315 e. The smallest absolute Gasteiger partial charge is 0.315 e. The Labute approximate surface area is 160 Å². The Morgan fingerprint density at radius 1 is 1.33 bits per heavy atom. The van der Waals surface area contributed by atoms with Crippen LogP contribution in [0, 0.1) is 12.8 Å². The van der Waals surface area contributed by atoms with Crippen molar-refractivity contribution in [2.24, 2.45) is 5.92 Å². The lowest BCUT2D eigenvalue weighted by atomic mass is 9.83. The molecule has 3 N–H and O–H groups in total. The molecule has 1 fully saturated rings. The van der Waals surface area contributed by atoms with Gasteiger partial charge in [-0.25, -0.2) is 4.79 Å². The summed E-state index contributed by atoms with van der Waals surface area (Å²) >= 11 is 0. The molecule has 0 saturated heterocycles. The second kappa shape index (κ2) is 10.2. The van der Waals surface area contributed by atoms with Crippen molar-refractivity contribution in [2.45, 2.75) is 78.1 Å². The van der Waals surface area contributed by atoms with Gasteiger partial charge in [-0.05, 0) is 39.5 Å². The number of nitrogens with one attached hydrogen (secondary N) is 3. The number of hydrogen-bond donors (Lipinski definition) is 3. The van der Waals surface area contributed by atoms with E-state index < -0.39 is 0 Å². The van der Waals surface area contributed by atoms with Crippen molar-refractivity contribution in [3.8, 4) is 0 Å². The van der Waals surface area contributed by atoms with Crippen molar-refractivity contribution in [1.29, 1.82) is 0 Å². The first-order chi connectivity index (χ1) is 12.9. The molecule has 1 heterocycles. The standard InChI is InChI=1S/C18H31N5O4/c1-5-8-26-15-9-13(6-7-14(15)22-18(25)20-11(2)3)17(24)19-10-16-21-12(4)27-23-16/h11,13-15H,5-10H2,1-4H3,(H,19,24)(H2,20,22,25)/t13-,14+,15+/m0/s1. The molecule has 0 bridgehead atoms. The van der Waals surface area contributed by atoms with Gasteiger partial charge in [0.1, 0.15) is 0 Å². The van der Waals surface area contributed by atoms with Crippen molar-refractivity contribution >= 4 is 11.9 Å². The minimum atomic E-state index is -0.199. The summed E-state index contributed by atoms with van der Waals surface area (Å²) in [4.78, 5) is 28.6. The van der Waals surface area contributed by atoms with Crippen LogP contribution in [0.4, 0.5) is 4.79 Å². The molecule has 0 unspecified atom stereocenters. The SMILES string of the molecule is CCCO[C@@H]1C[C@@H](C(=O)NCc2noc(C)n2)CC[C@H]1NC(=O)NC(C)C. The molecule has 9 heteroatoms. The molecule has 9 nitrogen and oxygen atoms in total. The van der Waals surface area contributed by atoms with E-state index in [0.717, 1.165) is 6.42 Å². The second-order valence-electron chi connectivity index (χ2n) is 7.25. The maximum absolute atomic E-state index is 12.5. The van der Waals surface area contributed by atoms with Crippen molar-refractivity contribution in [3.05, 3.63) is 11.7 Å². The van der Waals surface area contributed by atoms with Gasteiger partial charge in [-0.1, -0.05) is 12.1 Å². The average Bonchev–Trinajstić information content (AvgIpc) is 3.03. The summed E-state index contributed by atoms with van der Waals surface area (Å²) in [5, 5.41) is 12.5. The van der Waals surface area contributed by atoms with Crippen LogP contribution < -0.4 is 16.0 Å². The molecule has 152 valence electrons. The summed E-state index contributed by atoms with van der Waals surface area (Å²) in [7, 11) is 0. The van der Waals surface area contributed by atoms with E-state index in [1.165, 1.54) is 0 Å². The third-order valence-electron chi connectivity index (χ3n) is 4.43. The average molecular weight is 381 g/mol. The van der Waals surface area contributed by atoms with E-state index in [4.69, 9.17) is 9.26 Å². The van der Waals surface area contributed by atoms with Gasteiger partial charge in [-0.3, -0.25) is 4.79 Å². The first-order valence-corrected chi connectivity index (χ1v) is 9.64. The Morgan fingerprint density at radius 3 is 2.74 bits per heavy atom. The number of amides is 3. The molecule has 1 aromatic heterocycles. The van der Waals surface area contributed by atoms with Crippen molar-refractivity contribution in [1.82, 2.24) is 26.1 Å². The summed E-state index contributed by atoms with van der Waals surface area (Å²) in [6.45, 7) is 8.41. The van der Waals surface area contributed by atoms with E-state index in [-0.39, 0.29) is 42.6 Å². The quantitative estimate of drug-likeness (QED) is 0.630. The minimum Gasteiger partial charge on any atom is -0.376 e. The molecular weight excluding hydrogens is 350 g/mol. The molecule has 27 heavy (non-hydrogen) atoms. The van der Waals surface area contributed by atoms with Crippen LogP contribution in [0.25, 0.3) is 0 Å². The monoisotopic (exact) mass is 381 g/mol. The van der Waals surface area contributed by atoms with Gasteiger partial charge in [0.15, 0.2) is 5.82 Å². The van der Waals surface area contributed by atoms with Gasteiger partial charge in [0.05, 0.1) is 18.7 Å². The van der Waals surface area contributed by atoms with Crippen LogP contribution in [0.2, 0.25) is 0 Å². The summed E-state index contributed by atoms with van der Waals surface area (Å²) in [6.07, 6.45) is 2.66. The lowest BCUT2D eigenvalue weighted by Gasteiger charge is -2.36. The molecule has 0 aliphatic heterocycles. The molecule has 3 atom stereocenters. The van der Waals surface area contributed by atoms with E-state index in [1.54, 1.807) is 6.92 Å². The lowest BCUT2D eigenvalue weighted by Crippen LogP contribution is -2.53. The first-order valence-electron chi connectivity index (χ1n) is 9.64. The Morgan fingerprint density at radius 2 is 2.11 bits per heavy atom. The molecule has 3 amide bonds. The van der Waals surface area contributed by atoms with Crippen molar-refractivity contribution in [2.75, 3.05) is 6.61 Å². The number of aromatic nitrogens is 2. The second-order valence-corrected chi connectivity index (χ2v) is 7.25. The highest BCUT2D eigenvalue weighted by atomic mass is 16.5. The number of nitrogens with zero attached hydrogens (tertiary/aromatic N) is 2. The van der Waals surface area contributed by atoms with Gasteiger partial charge < -0.3 is 25.2 Å². The van der Waals surface area contributed by atoms with Crippen molar-refractivity contribution < 1.29 is 18.8 Å². The first kappa shape index (κ1) is 21.1. The molecule has 0 radical (unpaired) electrons. The summed E-state index contributed by atoms with van der Waals surface area (Å²) in [6, 6.07) is -0.231. The van der Waals surface area contributed by atoms with Crippen LogP contribution in [-0.2, 0) is 16.1 Å². The number of hydrogen-bond acceptors (Lipinski definition) is 6. The van der Waals surface area contributed by atoms with Crippen LogP contribution in [0.5, 0.6) is 0 Å². The van der Waals surface area contributed by atoms with Gasteiger partial charge >= 0.3 is 6.03 Å². The predicted octanol–water partition coefficient (Wildman–Crippen LogP) is 1.67. The molecule has 1 aliphatic carbocycles. The Balaban J connectivity index is 1.88. The third-order valence-corrected chi connectivity index (χ3v) is 4.43. The largest absolute Gasteiger partial charge is 0.376 e. The molecule has 2 rings (SSSR count). The number of carbonyl (C=O) groups excluding carboxylic acids is 2. The zero-order valence-electron chi connectivity index (χ0n) is 16.6. The van der Waals surface area contributed by atoms with E-state index in [1.807, 2.05) is 20.8 Å². The van der Waals surface area contributed by atoms with E-state index >= 15 is 0 Å². The maximum atomic E-state index is 12.5. The Bertz CT molecular complexity index is 619. The highest BCUT2D eigenvalue weighted by molar-refractivity contribution is 5.79. The number of aryl methyl sites for hydroxylation is 1.